The van der Waals surface area contributed by atoms with Crippen LogP contribution in [0.15, 0.2) is 65.2 Å². The minimum absolute atomic E-state index is 0.320. The summed E-state index contributed by atoms with van der Waals surface area (Å²) in [7, 11) is 1.34. The fourth-order valence-electron chi connectivity index (χ4n) is 2.01. The van der Waals surface area contributed by atoms with Crippen LogP contribution >= 0.6 is 27.5 Å². The van der Waals surface area contributed by atoms with Crippen molar-refractivity contribution in [3.8, 4) is 0 Å². The summed E-state index contributed by atoms with van der Waals surface area (Å²) < 4.78 is 5.68. The summed E-state index contributed by atoms with van der Waals surface area (Å²) in [5, 5.41) is 3.94. The molecule has 2 rings (SSSR count). The standard InChI is InChI=1S/C17H15BrClNO2/c1-11(17(21)22-2)16(12-7-9-13(19)10-8-12)20-15-6-4-3-5-14(15)18/h3-10,16,20H,1H2,2H3. The number of carbonyl (C=O) groups is 1. The first-order valence-corrected chi connectivity index (χ1v) is 7.73. The van der Waals surface area contributed by atoms with Crippen LogP contribution in [0.25, 0.3) is 0 Å². The van der Waals surface area contributed by atoms with Crippen LogP contribution in [-0.4, -0.2) is 13.1 Å². The number of esters is 1. The van der Waals surface area contributed by atoms with E-state index < -0.39 is 12.0 Å². The Kier molecular flexibility index (Phi) is 5.63. The second-order valence-corrected chi connectivity index (χ2v) is 5.92. The van der Waals surface area contributed by atoms with Gasteiger partial charge >= 0.3 is 5.97 Å². The zero-order chi connectivity index (χ0) is 16.1. The third-order valence-electron chi connectivity index (χ3n) is 3.17. The minimum atomic E-state index is -0.459. The van der Waals surface area contributed by atoms with Gasteiger partial charge in [-0.1, -0.05) is 42.4 Å². The number of hydrogen-bond donors (Lipinski definition) is 1. The summed E-state index contributed by atoms with van der Waals surface area (Å²) in [5.74, 6) is -0.459. The van der Waals surface area contributed by atoms with Crippen molar-refractivity contribution in [2.75, 3.05) is 12.4 Å². The van der Waals surface area contributed by atoms with Crippen LogP contribution in [0.5, 0.6) is 0 Å². The predicted octanol–water partition coefficient (Wildman–Crippen LogP) is 4.98. The number of methoxy groups -OCH3 is 1. The number of carbonyl (C=O) groups excluding carboxylic acids is 1. The predicted molar refractivity (Wildman–Crippen MR) is 93.1 cm³/mol. The molecule has 0 heterocycles. The van der Waals surface area contributed by atoms with Gasteiger partial charge in [-0.2, -0.15) is 0 Å². The zero-order valence-corrected chi connectivity index (χ0v) is 14.3. The van der Waals surface area contributed by atoms with Crippen LogP contribution in [0.1, 0.15) is 11.6 Å². The fourth-order valence-corrected chi connectivity index (χ4v) is 2.53. The summed E-state index contributed by atoms with van der Waals surface area (Å²) in [5.41, 5.74) is 2.05. The maximum atomic E-state index is 11.9. The molecule has 5 heteroatoms. The second kappa shape index (κ2) is 7.47. The van der Waals surface area contributed by atoms with E-state index in [2.05, 4.69) is 27.8 Å². The molecular weight excluding hydrogens is 366 g/mol. The van der Waals surface area contributed by atoms with Gasteiger partial charge < -0.3 is 10.1 Å². The van der Waals surface area contributed by atoms with E-state index >= 15 is 0 Å². The number of nitrogens with one attached hydrogen (secondary N) is 1. The molecule has 22 heavy (non-hydrogen) atoms. The van der Waals surface area contributed by atoms with E-state index in [9.17, 15) is 4.79 Å². The van der Waals surface area contributed by atoms with E-state index in [1.807, 2.05) is 36.4 Å². The molecule has 0 amide bonds. The van der Waals surface area contributed by atoms with Gasteiger partial charge in [-0.3, -0.25) is 0 Å². The van der Waals surface area contributed by atoms with E-state index in [1.54, 1.807) is 12.1 Å². The SMILES string of the molecule is C=C(C(=O)OC)C(Nc1ccccc1Br)c1ccc(Cl)cc1. The Balaban J connectivity index is 2.37. The van der Waals surface area contributed by atoms with Gasteiger partial charge in [0.05, 0.1) is 18.7 Å². The smallest absolute Gasteiger partial charge is 0.335 e. The molecule has 0 bridgehead atoms. The van der Waals surface area contributed by atoms with Gasteiger partial charge in [0.2, 0.25) is 0 Å². The quantitative estimate of drug-likeness (QED) is 0.587. The normalized spacial score (nSPS) is 11.6. The number of anilines is 1. The molecule has 114 valence electrons. The van der Waals surface area contributed by atoms with Gasteiger partial charge in [0, 0.05) is 15.2 Å². The molecule has 0 aliphatic carbocycles. The first kappa shape index (κ1) is 16.6. The van der Waals surface area contributed by atoms with Crippen molar-refractivity contribution in [1.29, 1.82) is 0 Å². The topological polar surface area (TPSA) is 38.3 Å². The Hall–Kier alpha value is -1.78. The van der Waals surface area contributed by atoms with Gasteiger partial charge in [-0.25, -0.2) is 4.79 Å². The van der Waals surface area contributed by atoms with E-state index in [0.717, 1.165) is 15.7 Å². The summed E-state index contributed by atoms with van der Waals surface area (Å²) in [4.78, 5) is 11.9. The molecule has 0 saturated heterocycles. The Morgan fingerprint density at radius 1 is 1.23 bits per heavy atom. The van der Waals surface area contributed by atoms with Crippen LogP contribution < -0.4 is 5.32 Å². The Morgan fingerprint density at radius 2 is 1.86 bits per heavy atom. The largest absolute Gasteiger partial charge is 0.466 e. The highest BCUT2D eigenvalue weighted by molar-refractivity contribution is 9.10. The molecule has 0 spiro atoms. The monoisotopic (exact) mass is 379 g/mol. The lowest BCUT2D eigenvalue weighted by molar-refractivity contribution is -0.136. The van der Waals surface area contributed by atoms with Gasteiger partial charge in [-0.05, 0) is 45.8 Å². The van der Waals surface area contributed by atoms with Crippen molar-refractivity contribution in [2.24, 2.45) is 0 Å². The molecule has 0 fully saturated rings. The highest BCUT2D eigenvalue weighted by Crippen LogP contribution is 2.31. The molecule has 3 nitrogen and oxygen atoms in total. The second-order valence-electron chi connectivity index (χ2n) is 4.63. The summed E-state index contributed by atoms with van der Waals surface area (Å²) in [6, 6.07) is 14.5. The van der Waals surface area contributed by atoms with Crippen LogP contribution in [-0.2, 0) is 9.53 Å². The van der Waals surface area contributed by atoms with Crippen molar-refractivity contribution in [2.45, 2.75) is 6.04 Å². The lowest BCUT2D eigenvalue weighted by atomic mass is 9.99. The van der Waals surface area contributed by atoms with Gasteiger partial charge in [-0.15, -0.1) is 0 Å². The van der Waals surface area contributed by atoms with Gasteiger partial charge in [0.15, 0.2) is 0 Å². The number of para-hydroxylation sites is 1. The maximum absolute atomic E-state index is 11.9. The maximum Gasteiger partial charge on any atom is 0.335 e. The van der Waals surface area contributed by atoms with E-state index in [1.165, 1.54) is 7.11 Å². The summed E-state index contributed by atoms with van der Waals surface area (Å²) in [6.45, 7) is 3.87. The van der Waals surface area contributed by atoms with Crippen molar-refractivity contribution < 1.29 is 9.53 Å². The summed E-state index contributed by atoms with van der Waals surface area (Å²) >= 11 is 9.41. The highest BCUT2D eigenvalue weighted by Gasteiger charge is 2.22. The lowest BCUT2D eigenvalue weighted by Gasteiger charge is -2.22. The van der Waals surface area contributed by atoms with Crippen LogP contribution in [0, 0.1) is 0 Å². The first-order valence-electron chi connectivity index (χ1n) is 6.56. The average molecular weight is 381 g/mol. The van der Waals surface area contributed by atoms with Crippen molar-refractivity contribution in [3.63, 3.8) is 0 Å². The summed E-state index contributed by atoms with van der Waals surface area (Å²) in [6.07, 6.45) is 0. The molecule has 0 aliphatic rings. The van der Waals surface area contributed by atoms with E-state index in [0.29, 0.717) is 10.6 Å². The number of hydrogen-bond acceptors (Lipinski definition) is 3. The molecule has 2 aromatic rings. The number of benzene rings is 2. The van der Waals surface area contributed by atoms with E-state index in [4.69, 9.17) is 16.3 Å². The molecule has 1 N–H and O–H groups in total. The number of ether oxygens (including phenoxy) is 1. The fraction of sp³-hybridized carbons (Fsp3) is 0.118. The molecule has 0 aliphatic heterocycles. The first-order chi connectivity index (χ1) is 10.5. The Labute approximate surface area is 143 Å². The molecule has 0 radical (unpaired) electrons. The average Bonchev–Trinajstić information content (AvgIpc) is 2.54. The number of rotatable bonds is 5. The molecule has 0 saturated carbocycles. The molecule has 1 atom stereocenters. The van der Waals surface area contributed by atoms with Crippen molar-refractivity contribution in [1.82, 2.24) is 0 Å². The number of halogens is 2. The molecule has 0 aromatic heterocycles. The Morgan fingerprint density at radius 3 is 2.45 bits per heavy atom. The Bertz CT molecular complexity index is 685. The van der Waals surface area contributed by atoms with Crippen LogP contribution in [0.2, 0.25) is 5.02 Å². The van der Waals surface area contributed by atoms with Gasteiger partial charge in [0.25, 0.3) is 0 Å². The van der Waals surface area contributed by atoms with Crippen molar-refractivity contribution in [3.05, 3.63) is 75.7 Å². The van der Waals surface area contributed by atoms with Crippen LogP contribution in [0.3, 0.4) is 0 Å². The highest BCUT2D eigenvalue weighted by atomic mass is 79.9. The van der Waals surface area contributed by atoms with Crippen molar-refractivity contribution >= 4 is 39.2 Å². The zero-order valence-electron chi connectivity index (χ0n) is 12.0. The lowest BCUT2D eigenvalue weighted by Crippen LogP contribution is -2.19. The van der Waals surface area contributed by atoms with Gasteiger partial charge in [0.1, 0.15) is 0 Å². The third kappa shape index (κ3) is 3.90. The molecule has 2 aromatic carbocycles. The molecular formula is C17H15BrClNO2. The van der Waals surface area contributed by atoms with E-state index in [-0.39, 0.29) is 0 Å². The minimum Gasteiger partial charge on any atom is -0.466 e. The van der Waals surface area contributed by atoms with Crippen LogP contribution in [0.4, 0.5) is 5.69 Å². The molecule has 1 unspecified atom stereocenters. The third-order valence-corrected chi connectivity index (χ3v) is 4.12.